The minimum Gasteiger partial charge on any atom is -0.419 e. The lowest BCUT2D eigenvalue weighted by molar-refractivity contribution is -0.384. The van der Waals surface area contributed by atoms with Crippen molar-refractivity contribution in [1.29, 1.82) is 0 Å². The van der Waals surface area contributed by atoms with Crippen LogP contribution in [0.25, 0.3) is 11.5 Å². The second-order valence-corrected chi connectivity index (χ2v) is 8.98. The van der Waals surface area contributed by atoms with Gasteiger partial charge in [0.15, 0.2) is 0 Å². The Kier molecular flexibility index (Phi) is 6.37. The molecule has 5 rings (SSSR count). The van der Waals surface area contributed by atoms with E-state index in [9.17, 15) is 10.1 Å². The van der Waals surface area contributed by atoms with Gasteiger partial charge in [0.25, 0.3) is 5.69 Å². The van der Waals surface area contributed by atoms with Gasteiger partial charge in [-0.05, 0) is 42.0 Å². The molecule has 1 aromatic heterocycles. The van der Waals surface area contributed by atoms with Crippen LogP contribution in [0.2, 0.25) is 0 Å². The SMILES string of the molecule is O=[N+]([O-])c1ccc(N2CCN([C@H](c3ccc(Br)cc3)c3nnc(-c4ccccc4)o3)CC2)cc1. The molecule has 0 spiro atoms. The van der Waals surface area contributed by atoms with Gasteiger partial charge in [-0.15, -0.1) is 10.2 Å². The second-order valence-electron chi connectivity index (χ2n) is 8.06. The van der Waals surface area contributed by atoms with Crippen molar-refractivity contribution >= 4 is 27.3 Å². The number of non-ortho nitro benzene ring substituents is 1. The maximum Gasteiger partial charge on any atom is 0.269 e. The molecular weight excluding hydrogens is 498 g/mol. The summed E-state index contributed by atoms with van der Waals surface area (Å²) in [7, 11) is 0. The molecule has 0 N–H and O–H groups in total. The highest BCUT2D eigenvalue weighted by atomic mass is 79.9. The first kappa shape index (κ1) is 22.2. The Balaban J connectivity index is 1.38. The highest BCUT2D eigenvalue weighted by Gasteiger charge is 2.31. The second kappa shape index (κ2) is 9.74. The van der Waals surface area contributed by atoms with Crippen LogP contribution in [0.5, 0.6) is 0 Å². The molecule has 0 aliphatic carbocycles. The molecular formula is C25H22BrN5O3. The van der Waals surface area contributed by atoms with Crippen molar-refractivity contribution in [3.05, 3.63) is 105 Å². The lowest BCUT2D eigenvalue weighted by atomic mass is 10.0. The third-order valence-electron chi connectivity index (χ3n) is 5.99. The number of hydrogen-bond acceptors (Lipinski definition) is 7. The van der Waals surface area contributed by atoms with Gasteiger partial charge < -0.3 is 9.32 Å². The average molecular weight is 520 g/mol. The molecule has 8 nitrogen and oxygen atoms in total. The van der Waals surface area contributed by atoms with Gasteiger partial charge in [-0.1, -0.05) is 46.3 Å². The van der Waals surface area contributed by atoms with Crippen molar-refractivity contribution in [2.24, 2.45) is 0 Å². The standard InChI is InChI=1S/C25H22BrN5O3/c26-20-8-6-18(7-9-20)23(25-28-27-24(34-25)19-4-2-1-3-5-19)30-16-14-29(15-17-30)21-10-12-22(13-11-21)31(32)33/h1-13,23H,14-17H2/t23-/m1/s1. The lowest BCUT2D eigenvalue weighted by Gasteiger charge is -2.39. The summed E-state index contributed by atoms with van der Waals surface area (Å²) in [4.78, 5) is 15.2. The number of aromatic nitrogens is 2. The van der Waals surface area contributed by atoms with E-state index < -0.39 is 0 Å². The summed E-state index contributed by atoms with van der Waals surface area (Å²) in [5.74, 6) is 1.06. The van der Waals surface area contributed by atoms with Crippen molar-refractivity contribution in [3.8, 4) is 11.5 Å². The Bertz CT molecular complexity index is 1250. The van der Waals surface area contributed by atoms with Gasteiger partial charge >= 0.3 is 0 Å². The van der Waals surface area contributed by atoms with Gasteiger partial charge in [-0.25, -0.2) is 0 Å². The summed E-state index contributed by atoms with van der Waals surface area (Å²) in [5, 5.41) is 19.7. The summed E-state index contributed by atoms with van der Waals surface area (Å²) in [6, 6.07) is 24.5. The smallest absolute Gasteiger partial charge is 0.269 e. The van der Waals surface area contributed by atoms with E-state index >= 15 is 0 Å². The number of piperazine rings is 1. The van der Waals surface area contributed by atoms with Crippen LogP contribution in [0.1, 0.15) is 17.5 Å². The molecule has 0 radical (unpaired) electrons. The summed E-state index contributed by atoms with van der Waals surface area (Å²) in [6.45, 7) is 3.12. The molecule has 1 atom stereocenters. The molecule has 3 aromatic carbocycles. The number of hydrogen-bond donors (Lipinski definition) is 0. The van der Waals surface area contributed by atoms with Gasteiger partial charge in [0.05, 0.1) is 4.92 Å². The fraction of sp³-hybridized carbons (Fsp3) is 0.200. The first-order valence-electron chi connectivity index (χ1n) is 11.0. The molecule has 1 aliphatic rings. The van der Waals surface area contributed by atoms with Gasteiger partial charge in [-0.3, -0.25) is 15.0 Å². The largest absolute Gasteiger partial charge is 0.419 e. The molecule has 0 unspecified atom stereocenters. The first-order chi connectivity index (χ1) is 16.6. The van der Waals surface area contributed by atoms with Crippen molar-refractivity contribution in [1.82, 2.24) is 15.1 Å². The summed E-state index contributed by atoms with van der Waals surface area (Å²) in [6.07, 6.45) is 0. The molecule has 0 amide bonds. The predicted octanol–water partition coefficient (Wildman–Crippen LogP) is 5.32. The van der Waals surface area contributed by atoms with Crippen molar-refractivity contribution in [3.63, 3.8) is 0 Å². The zero-order chi connectivity index (χ0) is 23.5. The van der Waals surface area contributed by atoms with Crippen LogP contribution in [-0.2, 0) is 0 Å². The normalized spacial score (nSPS) is 15.3. The molecule has 34 heavy (non-hydrogen) atoms. The maximum absolute atomic E-state index is 11.0. The minimum absolute atomic E-state index is 0.100. The highest BCUT2D eigenvalue weighted by molar-refractivity contribution is 9.10. The number of rotatable bonds is 6. The van der Waals surface area contributed by atoms with Gasteiger partial charge in [0.1, 0.15) is 6.04 Å². The maximum atomic E-state index is 11.0. The third-order valence-corrected chi connectivity index (χ3v) is 6.51. The topological polar surface area (TPSA) is 88.5 Å². The molecule has 9 heteroatoms. The fourth-order valence-corrected chi connectivity index (χ4v) is 4.48. The number of benzene rings is 3. The van der Waals surface area contributed by atoms with E-state index in [1.165, 1.54) is 0 Å². The Morgan fingerprint density at radius 2 is 1.56 bits per heavy atom. The third kappa shape index (κ3) is 4.71. The number of nitrogens with zero attached hydrogens (tertiary/aromatic N) is 5. The van der Waals surface area contributed by atoms with Crippen LogP contribution >= 0.6 is 15.9 Å². The van der Waals surface area contributed by atoms with E-state index in [0.717, 1.165) is 47.5 Å². The zero-order valence-electron chi connectivity index (χ0n) is 18.3. The molecule has 0 saturated carbocycles. The summed E-state index contributed by atoms with van der Waals surface area (Å²) in [5.41, 5.74) is 3.05. The Hall–Kier alpha value is -3.56. The molecule has 2 heterocycles. The minimum atomic E-state index is -0.376. The number of nitro benzene ring substituents is 1. The van der Waals surface area contributed by atoms with Crippen molar-refractivity contribution in [2.45, 2.75) is 6.04 Å². The molecule has 1 aliphatic heterocycles. The van der Waals surface area contributed by atoms with Crippen molar-refractivity contribution in [2.75, 3.05) is 31.1 Å². The van der Waals surface area contributed by atoms with Gasteiger partial charge in [0, 0.05) is 54.0 Å². The molecule has 1 saturated heterocycles. The lowest BCUT2D eigenvalue weighted by Crippen LogP contribution is -2.48. The molecule has 4 aromatic rings. The quantitative estimate of drug-likeness (QED) is 0.251. The van der Waals surface area contributed by atoms with E-state index in [-0.39, 0.29) is 16.7 Å². The Labute approximate surface area is 205 Å². The monoisotopic (exact) mass is 519 g/mol. The summed E-state index contributed by atoms with van der Waals surface area (Å²) < 4.78 is 7.17. The highest BCUT2D eigenvalue weighted by Crippen LogP contribution is 2.32. The van der Waals surface area contributed by atoms with Crippen LogP contribution < -0.4 is 4.90 Å². The number of nitro groups is 1. The van der Waals surface area contributed by atoms with Crippen molar-refractivity contribution < 1.29 is 9.34 Å². The first-order valence-corrected chi connectivity index (χ1v) is 11.8. The zero-order valence-corrected chi connectivity index (χ0v) is 19.8. The van der Waals surface area contributed by atoms with Gasteiger partial charge in [0.2, 0.25) is 11.8 Å². The Morgan fingerprint density at radius 1 is 0.882 bits per heavy atom. The Morgan fingerprint density at radius 3 is 2.21 bits per heavy atom. The van der Waals surface area contributed by atoms with E-state index in [2.05, 4.69) is 48.1 Å². The van der Waals surface area contributed by atoms with Crippen LogP contribution in [0.4, 0.5) is 11.4 Å². The van der Waals surface area contributed by atoms with E-state index in [4.69, 9.17) is 4.42 Å². The predicted molar refractivity (Wildman–Crippen MR) is 133 cm³/mol. The van der Waals surface area contributed by atoms with Crippen LogP contribution in [0.3, 0.4) is 0 Å². The van der Waals surface area contributed by atoms with Gasteiger partial charge in [-0.2, -0.15) is 0 Å². The van der Waals surface area contributed by atoms with Crippen LogP contribution in [0.15, 0.2) is 87.8 Å². The molecule has 172 valence electrons. The van der Waals surface area contributed by atoms with Crippen LogP contribution in [-0.4, -0.2) is 46.2 Å². The van der Waals surface area contributed by atoms with E-state index in [1.807, 2.05) is 54.6 Å². The van der Waals surface area contributed by atoms with Crippen LogP contribution in [0, 0.1) is 10.1 Å². The van der Waals surface area contributed by atoms with E-state index in [0.29, 0.717) is 11.8 Å². The number of halogens is 1. The van der Waals surface area contributed by atoms with E-state index in [1.54, 1.807) is 12.1 Å². The fourth-order valence-electron chi connectivity index (χ4n) is 4.22. The summed E-state index contributed by atoms with van der Waals surface area (Å²) >= 11 is 3.52. The number of anilines is 1. The molecule has 1 fully saturated rings. The molecule has 0 bridgehead atoms. The average Bonchev–Trinajstić information content (AvgIpc) is 3.36.